The predicted octanol–water partition coefficient (Wildman–Crippen LogP) is 5.69. The van der Waals surface area contributed by atoms with Crippen molar-refractivity contribution >= 4 is 28.6 Å². The lowest BCUT2D eigenvalue weighted by Crippen LogP contribution is -2.21. The van der Waals surface area contributed by atoms with Crippen LogP contribution in [0.2, 0.25) is 0 Å². The number of carbonyl (C=O) groups is 1. The van der Waals surface area contributed by atoms with Crippen LogP contribution < -0.4 is 5.32 Å². The molecular weight excluding hydrogens is 409 g/mol. The number of amides is 1. The Hall–Kier alpha value is -3.12. The van der Waals surface area contributed by atoms with Gasteiger partial charge in [-0.25, -0.2) is 9.07 Å². The van der Waals surface area contributed by atoms with E-state index in [1.54, 1.807) is 23.9 Å². The SMILES string of the molecule is CNC(=O)c1c2cc(C3CC3)c(SCc3ccccc3)cc2nn1-c1ccc(F)cc1. The molecule has 1 saturated carbocycles. The summed E-state index contributed by atoms with van der Waals surface area (Å²) < 4.78 is 15.1. The average Bonchev–Trinajstić information content (AvgIpc) is 3.58. The molecule has 0 bridgehead atoms. The molecule has 4 nitrogen and oxygen atoms in total. The van der Waals surface area contributed by atoms with Gasteiger partial charge in [-0.2, -0.15) is 5.10 Å². The summed E-state index contributed by atoms with van der Waals surface area (Å²) in [6.45, 7) is 0. The number of rotatable bonds is 6. The van der Waals surface area contributed by atoms with Gasteiger partial charge in [-0.05, 0) is 66.3 Å². The highest BCUT2D eigenvalue weighted by Gasteiger charge is 2.29. The molecule has 1 amide bonds. The molecule has 1 aromatic heterocycles. The first-order valence-electron chi connectivity index (χ1n) is 10.4. The molecule has 156 valence electrons. The molecule has 3 aromatic carbocycles. The van der Waals surface area contributed by atoms with E-state index in [-0.39, 0.29) is 11.7 Å². The molecule has 0 spiro atoms. The standard InChI is InChI=1S/C25H22FN3OS/c1-27-25(30)24-21-13-20(17-7-8-17)23(31-15-16-5-3-2-4-6-16)14-22(21)28-29(24)19-11-9-18(26)10-12-19/h2-6,9-14,17H,7-8,15H2,1H3,(H,27,30). The van der Waals surface area contributed by atoms with Gasteiger partial charge >= 0.3 is 0 Å². The van der Waals surface area contributed by atoms with Crippen molar-refractivity contribution in [3.05, 3.63) is 89.4 Å². The van der Waals surface area contributed by atoms with Crippen LogP contribution in [0.1, 0.15) is 40.4 Å². The molecule has 5 rings (SSSR count). The van der Waals surface area contributed by atoms with Crippen LogP contribution in [-0.2, 0) is 5.75 Å². The van der Waals surface area contributed by atoms with Crippen molar-refractivity contribution in [1.29, 1.82) is 0 Å². The molecule has 1 aliphatic carbocycles. The van der Waals surface area contributed by atoms with Crippen molar-refractivity contribution in [1.82, 2.24) is 15.1 Å². The Morgan fingerprint density at radius 3 is 2.55 bits per heavy atom. The molecule has 1 N–H and O–H groups in total. The molecule has 1 aliphatic rings. The second kappa shape index (κ2) is 8.19. The van der Waals surface area contributed by atoms with E-state index in [0.717, 1.165) is 16.7 Å². The number of fused-ring (bicyclic) bond motifs is 1. The topological polar surface area (TPSA) is 46.9 Å². The summed E-state index contributed by atoms with van der Waals surface area (Å²) >= 11 is 1.81. The second-order valence-corrected chi connectivity index (χ2v) is 8.79. The van der Waals surface area contributed by atoms with Crippen molar-refractivity contribution in [3.63, 3.8) is 0 Å². The van der Waals surface area contributed by atoms with Crippen molar-refractivity contribution in [2.75, 3.05) is 7.05 Å². The summed E-state index contributed by atoms with van der Waals surface area (Å²) in [7, 11) is 1.61. The number of nitrogens with one attached hydrogen (secondary N) is 1. The fraction of sp³-hybridized carbons (Fsp3) is 0.200. The first kappa shape index (κ1) is 19.8. The summed E-state index contributed by atoms with van der Waals surface area (Å²) in [5.41, 5.74) is 4.46. The number of carbonyl (C=O) groups excluding carboxylic acids is 1. The lowest BCUT2D eigenvalue weighted by atomic mass is 10.1. The summed E-state index contributed by atoms with van der Waals surface area (Å²) in [6.07, 6.45) is 2.34. The maximum atomic E-state index is 13.4. The summed E-state index contributed by atoms with van der Waals surface area (Å²) in [4.78, 5) is 14.0. The van der Waals surface area contributed by atoms with E-state index >= 15 is 0 Å². The number of hydrogen-bond donors (Lipinski definition) is 1. The Balaban J connectivity index is 1.62. The number of thioether (sulfide) groups is 1. The average molecular weight is 432 g/mol. The zero-order valence-electron chi connectivity index (χ0n) is 17.1. The van der Waals surface area contributed by atoms with E-state index in [2.05, 4.69) is 41.7 Å². The zero-order valence-corrected chi connectivity index (χ0v) is 18.0. The van der Waals surface area contributed by atoms with Gasteiger partial charge in [-0.1, -0.05) is 30.3 Å². The minimum atomic E-state index is -0.322. The van der Waals surface area contributed by atoms with Crippen LogP contribution in [0.25, 0.3) is 16.6 Å². The molecule has 1 heterocycles. The van der Waals surface area contributed by atoms with Gasteiger partial charge in [0.25, 0.3) is 5.91 Å². The van der Waals surface area contributed by atoms with Crippen LogP contribution in [0.4, 0.5) is 4.39 Å². The number of aromatic nitrogens is 2. The van der Waals surface area contributed by atoms with Crippen molar-refractivity contribution < 1.29 is 9.18 Å². The number of benzene rings is 3. The highest BCUT2D eigenvalue weighted by Crippen LogP contribution is 2.46. The molecule has 31 heavy (non-hydrogen) atoms. The van der Waals surface area contributed by atoms with E-state index in [4.69, 9.17) is 5.10 Å². The molecule has 0 radical (unpaired) electrons. The van der Waals surface area contributed by atoms with Crippen LogP contribution in [0, 0.1) is 5.82 Å². The van der Waals surface area contributed by atoms with Gasteiger partial charge in [-0.15, -0.1) is 11.8 Å². The minimum Gasteiger partial charge on any atom is -0.354 e. The Morgan fingerprint density at radius 1 is 1.13 bits per heavy atom. The molecule has 6 heteroatoms. The Labute approximate surface area is 184 Å². The van der Waals surface area contributed by atoms with E-state index in [1.807, 2.05) is 17.8 Å². The van der Waals surface area contributed by atoms with Gasteiger partial charge in [-0.3, -0.25) is 4.79 Å². The van der Waals surface area contributed by atoms with Gasteiger partial charge in [0.05, 0.1) is 11.2 Å². The third-order valence-electron chi connectivity index (χ3n) is 5.57. The van der Waals surface area contributed by atoms with Crippen molar-refractivity contribution in [3.8, 4) is 5.69 Å². The Morgan fingerprint density at radius 2 is 1.87 bits per heavy atom. The van der Waals surface area contributed by atoms with Crippen molar-refractivity contribution in [2.24, 2.45) is 0 Å². The highest BCUT2D eigenvalue weighted by atomic mass is 32.2. The Bertz CT molecular complexity index is 1250. The van der Waals surface area contributed by atoms with Crippen LogP contribution in [-0.4, -0.2) is 22.7 Å². The number of hydrogen-bond acceptors (Lipinski definition) is 3. The smallest absolute Gasteiger partial charge is 0.270 e. The zero-order chi connectivity index (χ0) is 21.4. The second-order valence-electron chi connectivity index (χ2n) is 7.77. The maximum absolute atomic E-state index is 13.4. The van der Waals surface area contributed by atoms with E-state index in [9.17, 15) is 9.18 Å². The van der Waals surface area contributed by atoms with Crippen LogP contribution in [0.15, 0.2) is 71.6 Å². The van der Waals surface area contributed by atoms with Crippen LogP contribution in [0.5, 0.6) is 0 Å². The van der Waals surface area contributed by atoms with Crippen molar-refractivity contribution in [2.45, 2.75) is 29.4 Å². The predicted molar refractivity (Wildman–Crippen MR) is 122 cm³/mol. The number of nitrogens with zero attached hydrogens (tertiary/aromatic N) is 2. The number of halogens is 1. The largest absolute Gasteiger partial charge is 0.354 e. The monoisotopic (exact) mass is 431 g/mol. The van der Waals surface area contributed by atoms with Gasteiger partial charge in [0, 0.05) is 23.1 Å². The van der Waals surface area contributed by atoms with Gasteiger partial charge in [0.1, 0.15) is 11.5 Å². The minimum absolute atomic E-state index is 0.210. The molecule has 0 aliphatic heterocycles. The van der Waals surface area contributed by atoms with Gasteiger partial charge in [0.15, 0.2) is 0 Å². The first-order chi connectivity index (χ1) is 15.1. The summed E-state index contributed by atoms with van der Waals surface area (Å²) in [5.74, 6) is 0.887. The van der Waals surface area contributed by atoms with E-state index in [1.165, 1.54) is 41.0 Å². The highest BCUT2D eigenvalue weighted by molar-refractivity contribution is 7.98. The lowest BCUT2D eigenvalue weighted by molar-refractivity contribution is 0.0957. The Kier molecular flexibility index (Phi) is 5.24. The third-order valence-corrected chi connectivity index (χ3v) is 6.71. The van der Waals surface area contributed by atoms with Gasteiger partial charge in [0.2, 0.25) is 0 Å². The molecule has 4 aromatic rings. The molecule has 0 saturated heterocycles. The lowest BCUT2D eigenvalue weighted by Gasteiger charge is -2.10. The van der Waals surface area contributed by atoms with E-state index < -0.39 is 0 Å². The van der Waals surface area contributed by atoms with Gasteiger partial charge < -0.3 is 5.32 Å². The fourth-order valence-corrected chi connectivity index (χ4v) is 4.91. The molecule has 0 atom stereocenters. The fourth-order valence-electron chi connectivity index (χ4n) is 3.81. The van der Waals surface area contributed by atoms with Crippen LogP contribution >= 0.6 is 11.8 Å². The quantitative estimate of drug-likeness (QED) is 0.399. The third kappa shape index (κ3) is 3.95. The first-order valence-corrected chi connectivity index (χ1v) is 11.3. The molecule has 1 fully saturated rings. The molecular formula is C25H22FN3OS. The molecule has 0 unspecified atom stereocenters. The van der Waals surface area contributed by atoms with Crippen LogP contribution in [0.3, 0.4) is 0 Å². The normalized spacial score (nSPS) is 13.5. The summed E-state index contributed by atoms with van der Waals surface area (Å²) in [5, 5.41) is 8.29. The summed E-state index contributed by atoms with van der Waals surface area (Å²) in [6, 6.07) is 20.7. The maximum Gasteiger partial charge on any atom is 0.270 e. The van der Waals surface area contributed by atoms with E-state index in [0.29, 0.717) is 17.3 Å².